The summed E-state index contributed by atoms with van der Waals surface area (Å²) in [5.74, 6) is -1.22. The molecule has 3 aromatic carbocycles. The lowest BCUT2D eigenvalue weighted by atomic mass is 9.99. The second kappa shape index (κ2) is 7.01. The molecular weight excluding hydrogens is 314 g/mol. The molecule has 0 fully saturated rings. The predicted molar refractivity (Wildman–Crippen MR) is 98.0 cm³/mol. The number of aryl methyl sites for hydroxylation is 1. The molecular formula is C21H17NO3. The Morgan fingerprint density at radius 2 is 1.52 bits per heavy atom. The molecule has 0 atom stereocenters. The molecule has 4 nitrogen and oxygen atoms in total. The van der Waals surface area contributed by atoms with Crippen molar-refractivity contribution in [3.05, 3.63) is 89.5 Å². The lowest BCUT2D eigenvalue weighted by molar-refractivity contribution is 0.0696. The first-order valence-corrected chi connectivity index (χ1v) is 7.86. The minimum atomic E-state index is -0.982. The first-order chi connectivity index (χ1) is 12.1. The van der Waals surface area contributed by atoms with Gasteiger partial charge in [0.2, 0.25) is 0 Å². The molecule has 0 radical (unpaired) electrons. The van der Waals surface area contributed by atoms with E-state index in [2.05, 4.69) is 5.32 Å². The number of anilines is 1. The third-order valence-corrected chi connectivity index (χ3v) is 3.97. The Morgan fingerprint density at radius 3 is 2.20 bits per heavy atom. The second-order valence-electron chi connectivity index (χ2n) is 5.70. The van der Waals surface area contributed by atoms with Gasteiger partial charge in [-0.3, -0.25) is 4.79 Å². The van der Waals surface area contributed by atoms with Crippen molar-refractivity contribution >= 4 is 17.6 Å². The molecule has 0 bridgehead atoms. The van der Waals surface area contributed by atoms with Gasteiger partial charge >= 0.3 is 5.97 Å². The van der Waals surface area contributed by atoms with Gasteiger partial charge in [0, 0.05) is 11.3 Å². The van der Waals surface area contributed by atoms with Gasteiger partial charge in [0.15, 0.2) is 0 Å². The molecule has 2 N–H and O–H groups in total. The largest absolute Gasteiger partial charge is 0.478 e. The molecule has 3 rings (SSSR count). The Morgan fingerprint density at radius 1 is 0.840 bits per heavy atom. The van der Waals surface area contributed by atoms with E-state index in [0.717, 1.165) is 11.1 Å². The Balaban J connectivity index is 1.90. The number of benzene rings is 3. The molecule has 3 aromatic rings. The summed E-state index contributed by atoms with van der Waals surface area (Å²) in [6, 6.07) is 21.8. The molecule has 0 aliphatic carbocycles. The zero-order valence-electron chi connectivity index (χ0n) is 13.7. The molecule has 25 heavy (non-hydrogen) atoms. The van der Waals surface area contributed by atoms with Crippen LogP contribution in [0.1, 0.15) is 26.3 Å². The quantitative estimate of drug-likeness (QED) is 0.733. The normalized spacial score (nSPS) is 10.3. The number of aromatic carboxylic acids is 1. The van der Waals surface area contributed by atoms with Gasteiger partial charge in [-0.1, -0.05) is 48.5 Å². The van der Waals surface area contributed by atoms with E-state index in [4.69, 9.17) is 5.11 Å². The number of hydrogen-bond acceptors (Lipinski definition) is 2. The Kier molecular flexibility index (Phi) is 4.61. The number of nitrogens with one attached hydrogen (secondary N) is 1. The zero-order chi connectivity index (χ0) is 17.8. The van der Waals surface area contributed by atoms with Crippen molar-refractivity contribution in [2.75, 3.05) is 5.32 Å². The van der Waals surface area contributed by atoms with E-state index >= 15 is 0 Å². The molecule has 0 unspecified atom stereocenters. The molecule has 0 heterocycles. The first kappa shape index (κ1) is 16.5. The molecule has 0 aromatic heterocycles. The average Bonchev–Trinajstić information content (AvgIpc) is 2.62. The van der Waals surface area contributed by atoms with Crippen LogP contribution in [0.15, 0.2) is 72.8 Å². The summed E-state index contributed by atoms with van der Waals surface area (Å²) in [7, 11) is 0. The van der Waals surface area contributed by atoms with Crippen molar-refractivity contribution in [1.82, 2.24) is 0 Å². The summed E-state index contributed by atoms with van der Waals surface area (Å²) in [6.07, 6.45) is 0. The van der Waals surface area contributed by atoms with Crippen LogP contribution in [0.25, 0.3) is 11.1 Å². The van der Waals surface area contributed by atoms with Crippen molar-refractivity contribution < 1.29 is 14.7 Å². The molecule has 1 amide bonds. The number of amides is 1. The number of carboxylic acids is 1. The zero-order valence-corrected chi connectivity index (χ0v) is 13.7. The van der Waals surface area contributed by atoms with Gasteiger partial charge in [-0.15, -0.1) is 0 Å². The van der Waals surface area contributed by atoms with Crippen LogP contribution in [0.3, 0.4) is 0 Å². The van der Waals surface area contributed by atoms with Crippen molar-refractivity contribution in [3.63, 3.8) is 0 Å². The van der Waals surface area contributed by atoms with E-state index in [-0.39, 0.29) is 11.5 Å². The molecule has 0 spiro atoms. The average molecular weight is 331 g/mol. The van der Waals surface area contributed by atoms with Crippen LogP contribution in [0.4, 0.5) is 5.69 Å². The van der Waals surface area contributed by atoms with Crippen LogP contribution < -0.4 is 5.32 Å². The summed E-state index contributed by atoms with van der Waals surface area (Å²) in [6.45, 7) is 1.71. The van der Waals surface area contributed by atoms with Crippen molar-refractivity contribution in [2.45, 2.75) is 6.92 Å². The van der Waals surface area contributed by atoms with E-state index in [0.29, 0.717) is 16.8 Å². The highest BCUT2D eigenvalue weighted by Crippen LogP contribution is 2.24. The van der Waals surface area contributed by atoms with E-state index in [1.165, 1.54) is 6.07 Å². The second-order valence-corrected chi connectivity index (χ2v) is 5.70. The number of carboxylic acid groups (broad SMARTS) is 1. The monoisotopic (exact) mass is 331 g/mol. The van der Waals surface area contributed by atoms with Crippen molar-refractivity contribution in [2.24, 2.45) is 0 Å². The van der Waals surface area contributed by atoms with Gasteiger partial charge in [-0.25, -0.2) is 4.79 Å². The van der Waals surface area contributed by atoms with E-state index in [1.54, 1.807) is 25.1 Å². The Hall–Kier alpha value is -3.40. The fraction of sp³-hybridized carbons (Fsp3) is 0.0476. The maximum Gasteiger partial charge on any atom is 0.335 e. The fourth-order valence-electron chi connectivity index (χ4n) is 2.73. The summed E-state index contributed by atoms with van der Waals surface area (Å²) in [5.41, 5.74) is 3.76. The van der Waals surface area contributed by atoms with Crippen LogP contribution >= 0.6 is 0 Å². The molecule has 124 valence electrons. The van der Waals surface area contributed by atoms with Crippen LogP contribution in [-0.4, -0.2) is 17.0 Å². The molecule has 0 saturated heterocycles. The van der Waals surface area contributed by atoms with Crippen LogP contribution in [0, 0.1) is 6.92 Å². The topological polar surface area (TPSA) is 66.4 Å². The van der Waals surface area contributed by atoms with E-state index in [1.807, 2.05) is 48.5 Å². The third-order valence-electron chi connectivity index (χ3n) is 3.97. The van der Waals surface area contributed by atoms with E-state index < -0.39 is 5.97 Å². The van der Waals surface area contributed by atoms with Crippen LogP contribution in [-0.2, 0) is 0 Å². The highest BCUT2D eigenvalue weighted by molar-refractivity contribution is 6.08. The lowest BCUT2D eigenvalue weighted by Crippen LogP contribution is -2.13. The predicted octanol–water partition coefficient (Wildman–Crippen LogP) is 4.61. The third kappa shape index (κ3) is 3.58. The summed E-state index contributed by atoms with van der Waals surface area (Å²) in [4.78, 5) is 23.8. The van der Waals surface area contributed by atoms with Crippen LogP contribution in [0.2, 0.25) is 0 Å². The summed E-state index contributed by atoms with van der Waals surface area (Å²) >= 11 is 0. The highest BCUT2D eigenvalue weighted by atomic mass is 16.4. The Labute approximate surface area is 145 Å². The van der Waals surface area contributed by atoms with Gasteiger partial charge < -0.3 is 10.4 Å². The number of carbonyl (C=O) groups excluding carboxylic acids is 1. The smallest absolute Gasteiger partial charge is 0.335 e. The summed E-state index contributed by atoms with van der Waals surface area (Å²) < 4.78 is 0. The molecule has 0 aliphatic heterocycles. The van der Waals surface area contributed by atoms with Gasteiger partial charge in [0.1, 0.15) is 0 Å². The Bertz CT molecular complexity index is 933. The van der Waals surface area contributed by atoms with Crippen molar-refractivity contribution in [1.29, 1.82) is 0 Å². The van der Waals surface area contributed by atoms with E-state index in [9.17, 15) is 9.59 Å². The van der Waals surface area contributed by atoms with Gasteiger partial charge in [0.05, 0.1) is 5.56 Å². The molecule has 0 saturated carbocycles. The van der Waals surface area contributed by atoms with Gasteiger partial charge in [-0.05, 0) is 47.9 Å². The maximum absolute atomic E-state index is 12.7. The first-order valence-electron chi connectivity index (χ1n) is 7.86. The number of carbonyl (C=O) groups is 2. The SMILES string of the molecule is Cc1cc(NC(=O)c2ccccc2-c2ccccc2)ccc1C(=O)O. The van der Waals surface area contributed by atoms with Gasteiger partial charge in [0.25, 0.3) is 5.91 Å². The number of hydrogen-bond donors (Lipinski definition) is 2. The standard InChI is InChI=1S/C21H17NO3/c1-14-13-16(11-12-17(14)21(24)25)22-20(23)19-10-6-5-9-18(19)15-7-3-2-4-8-15/h2-13H,1H3,(H,22,23)(H,24,25). The lowest BCUT2D eigenvalue weighted by Gasteiger charge is -2.11. The minimum absolute atomic E-state index is 0.225. The molecule has 4 heteroatoms. The fourth-order valence-corrected chi connectivity index (χ4v) is 2.73. The number of rotatable bonds is 4. The minimum Gasteiger partial charge on any atom is -0.478 e. The molecule has 0 aliphatic rings. The van der Waals surface area contributed by atoms with Crippen molar-refractivity contribution in [3.8, 4) is 11.1 Å². The van der Waals surface area contributed by atoms with Gasteiger partial charge in [-0.2, -0.15) is 0 Å². The highest BCUT2D eigenvalue weighted by Gasteiger charge is 2.13. The summed E-state index contributed by atoms with van der Waals surface area (Å²) in [5, 5.41) is 11.9. The van der Waals surface area contributed by atoms with Crippen LogP contribution in [0.5, 0.6) is 0 Å². The maximum atomic E-state index is 12.7.